The van der Waals surface area contributed by atoms with E-state index in [1.54, 1.807) is 13.2 Å². The number of nitrogens with zero attached hydrogens (tertiary/aromatic N) is 2. The second kappa shape index (κ2) is 6.19. The van der Waals surface area contributed by atoms with Crippen molar-refractivity contribution in [2.75, 3.05) is 7.11 Å². The monoisotopic (exact) mass is 263 g/mol. The molecular formula is C13H17N3O3. The Hall–Kier alpha value is -2.08. The van der Waals surface area contributed by atoms with Crippen molar-refractivity contribution >= 4 is 0 Å². The topological polar surface area (TPSA) is 83.4 Å². The smallest absolute Gasteiger partial charge is 0.253 e. The van der Waals surface area contributed by atoms with Gasteiger partial charge < -0.3 is 19.6 Å². The fraction of sp³-hybridized carbons (Fsp3) is 0.385. The SMILES string of the molecule is CCc1nnc(COc2cc(OC)ccc2CN)o1. The molecule has 102 valence electrons. The first-order chi connectivity index (χ1) is 9.26. The Morgan fingerprint density at radius 3 is 2.68 bits per heavy atom. The van der Waals surface area contributed by atoms with Crippen LogP contribution in [0.1, 0.15) is 24.3 Å². The number of methoxy groups -OCH3 is 1. The summed E-state index contributed by atoms with van der Waals surface area (Å²) in [6, 6.07) is 5.51. The van der Waals surface area contributed by atoms with Crippen LogP contribution in [0.4, 0.5) is 0 Å². The van der Waals surface area contributed by atoms with Crippen LogP contribution in [0.5, 0.6) is 11.5 Å². The third-order valence-electron chi connectivity index (χ3n) is 2.66. The minimum absolute atomic E-state index is 0.215. The molecule has 2 aromatic rings. The molecule has 0 fully saturated rings. The van der Waals surface area contributed by atoms with E-state index in [1.165, 1.54) is 0 Å². The molecule has 1 aromatic heterocycles. The molecular weight excluding hydrogens is 246 g/mol. The van der Waals surface area contributed by atoms with Gasteiger partial charge in [0.05, 0.1) is 7.11 Å². The number of rotatable bonds is 6. The standard InChI is InChI=1S/C13H17N3O3/c1-3-12-15-16-13(19-12)8-18-11-6-10(17-2)5-4-9(11)7-14/h4-6H,3,7-8,14H2,1-2H3. The maximum Gasteiger partial charge on any atom is 0.253 e. The lowest BCUT2D eigenvalue weighted by Gasteiger charge is -2.10. The second-order valence-electron chi connectivity index (χ2n) is 3.91. The first-order valence-corrected chi connectivity index (χ1v) is 6.07. The Morgan fingerprint density at radius 1 is 1.26 bits per heavy atom. The molecule has 19 heavy (non-hydrogen) atoms. The highest BCUT2D eigenvalue weighted by molar-refractivity contribution is 5.40. The maximum atomic E-state index is 5.66. The summed E-state index contributed by atoms with van der Waals surface area (Å²) in [6.07, 6.45) is 0.709. The Labute approximate surface area is 111 Å². The predicted molar refractivity (Wildman–Crippen MR) is 68.9 cm³/mol. The quantitative estimate of drug-likeness (QED) is 0.853. The van der Waals surface area contributed by atoms with Gasteiger partial charge in [-0.1, -0.05) is 13.0 Å². The lowest BCUT2D eigenvalue weighted by atomic mass is 10.2. The second-order valence-corrected chi connectivity index (χ2v) is 3.91. The summed E-state index contributed by atoms with van der Waals surface area (Å²) in [4.78, 5) is 0. The molecule has 1 aromatic carbocycles. The van der Waals surface area contributed by atoms with Crippen molar-refractivity contribution in [3.05, 3.63) is 35.5 Å². The van der Waals surface area contributed by atoms with E-state index in [0.717, 1.165) is 5.56 Å². The highest BCUT2D eigenvalue weighted by atomic mass is 16.5. The van der Waals surface area contributed by atoms with E-state index in [-0.39, 0.29) is 6.61 Å². The first kappa shape index (κ1) is 13.4. The molecule has 6 heteroatoms. The molecule has 2 rings (SSSR count). The average molecular weight is 263 g/mol. The summed E-state index contributed by atoms with van der Waals surface area (Å²) >= 11 is 0. The Balaban J connectivity index is 2.09. The number of benzene rings is 1. The van der Waals surface area contributed by atoms with Crippen LogP contribution < -0.4 is 15.2 Å². The average Bonchev–Trinajstić information content (AvgIpc) is 2.92. The van der Waals surface area contributed by atoms with Gasteiger partial charge in [-0.2, -0.15) is 0 Å². The number of hydrogen-bond acceptors (Lipinski definition) is 6. The van der Waals surface area contributed by atoms with E-state index < -0.39 is 0 Å². The summed E-state index contributed by atoms with van der Waals surface area (Å²) in [6.45, 7) is 2.56. The van der Waals surface area contributed by atoms with E-state index in [9.17, 15) is 0 Å². The van der Waals surface area contributed by atoms with Gasteiger partial charge in [-0.15, -0.1) is 10.2 Å². The molecule has 0 saturated heterocycles. The largest absolute Gasteiger partial charge is 0.497 e. The molecule has 6 nitrogen and oxygen atoms in total. The van der Waals surface area contributed by atoms with E-state index in [1.807, 2.05) is 19.1 Å². The van der Waals surface area contributed by atoms with Crippen molar-refractivity contribution in [1.29, 1.82) is 0 Å². The fourth-order valence-electron chi connectivity index (χ4n) is 1.59. The van der Waals surface area contributed by atoms with Gasteiger partial charge in [-0.05, 0) is 6.07 Å². The van der Waals surface area contributed by atoms with Crippen LogP contribution in [0.3, 0.4) is 0 Å². The number of ether oxygens (including phenoxy) is 2. The molecule has 0 radical (unpaired) electrons. The van der Waals surface area contributed by atoms with Crippen molar-refractivity contribution in [1.82, 2.24) is 10.2 Å². The fourth-order valence-corrected chi connectivity index (χ4v) is 1.59. The van der Waals surface area contributed by atoms with Crippen molar-refractivity contribution in [2.24, 2.45) is 5.73 Å². The van der Waals surface area contributed by atoms with Gasteiger partial charge in [0.15, 0.2) is 6.61 Å². The summed E-state index contributed by atoms with van der Waals surface area (Å²) in [5.41, 5.74) is 6.56. The Bertz CT molecular complexity index is 540. The van der Waals surface area contributed by atoms with E-state index >= 15 is 0 Å². The molecule has 0 bridgehead atoms. The zero-order valence-corrected chi connectivity index (χ0v) is 11.0. The van der Waals surface area contributed by atoms with Gasteiger partial charge in [0.1, 0.15) is 11.5 Å². The van der Waals surface area contributed by atoms with Gasteiger partial charge in [0.2, 0.25) is 5.89 Å². The zero-order chi connectivity index (χ0) is 13.7. The summed E-state index contributed by atoms with van der Waals surface area (Å²) < 4.78 is 16.2. The van der Waals surface area contributed by atoms with Crippen molar-refractivity contribution < 1.29 is 13.9 Å². The maximum absolute atomic E-state index is 5.66. The third-order valence-corrected chi connectivity index (χ3v) is 2.66. The molecule has 0 unspecified atom stereocenters. The first-order valence-electron chi connectivity index (χ1n) is 6.07. The molecule has 0 aliphatic carbocycles. The van der Waals surface area contributed by atoms with Crippen LogP contribution in [-0.2, 0) is 19.6 Å². The highest BCUT2D eigenvalue weighted by Crippen LogP contribution is 2.25. The number of nitrogens with two attached hydrogens (primary N) is 1. The number of aromatic nitrogens is 2. The van der Waals surface area contributed by atoms with Gasteiger partial charge in [-0.3, -0.25) is 0 Å². The van der Waals surface area contributed by atoms with Crippen LogP contribution in [0.25, 0.3) is 0 Å². The van der Waals surface area contributed by atoms with Crippen molar-refractivity contribution in [2.45, 2.75) is 26.5 Å². The summed E-state index contributed by atoms with van der Waals surface area (Å²) in [5, 5.41) is 7.77. The van der Waals surface area contributed by atoms with Crippen LogP contribution in [0.2, 0.25) is 0 Å². The third kappa shape index (κ3) is 3.23. The Kier molecular flexibility index (Phi) is 4.35. The van der Waals surface area contributed by atoms with E-state index in [2.05, 4.69) is 10.2 Å². The molecule has 0 aliphatic heterocycles. The van der Waals surface area contributed by atoms with Crippen molar-refractivity contribution in [3.8, 4) is 11.5 Å². The van der Waals surface area contributed by atoms with Crippen LogP contribution in [0.15, 0.2) is 22.6 Å². The molecule has 0 amide bonds. The Morgan fingerprint density at radius 2 is 2.05 bits per heavy atom. The minimum Gasteiger partial charge on any atom is -0.497 e. The van der Waals surface area contributed by atoms with Gasteiger partial charge in [0, 0.05) is 24.6 Å². The normalized spacial score (nSPS) is 10.5. The molecule has 1 heterocycles. The van der Waals surface area contributed by atoms with Gasteiger partial charge in [-0.25, -0.2) is 0 Å². The summed E-state index contributed by atoms with van der Waals surface area (Å²) in [5.74, 6) is 2.43. The molecule has 0 saturated carbocycles. The molecule has 2 N–H and O–H groups in total. The van der Waals surface area contributed by atoms with Gasteiger partial charge >= 0.3 is 0 Å². The lowest BCUT2D eigenvalue weighted by Crippen LogP contribution is -2.03. The van der Waals surface area contributed by atoms with Crippen LogP contribution >= 0.6 is 0 Å². The van der Waals surface area contributed by atoms with Crippen molar-refractivity contribution in [3.63, 3.8) is 0 Å². The minimum atomic E-state index is 0.215. The molecule has 0 atom stereocenters. The zero-order valence-electron chi connectivity index (χ0n) is 11.0. The highest BCUT2D eigenvalue weighted by Gasteiger charge is 2.08. The predicted octanol–water partition coefficient (Wildman–Crippen LogP) is 1.68. The summed E-state index contributed by atoms with van der Waals surface area (Å²) in [7, 11) is 1.60. The van der Waals surface area contributed by atoms with E-state index in [0.29, 0.717) is 36.2 Å². The molecule has 0 aliphatic rings. The van der Waals surface area contributed by atoms with Crippen LogP contribution in [-0.4, -0.2) is 17.3 Å². The molecule has 0 spiro atoms. The van der Waals surface area contributed by atoms with Gasteiger partial charge in [0.25, 0.3) is 5.89 Å². The van der Waals surface area contributed by atoms with Crippen LogP contribution in [0, 0.1) is 0 Å². The van der Waals surface area contributed by atoms with E-state index in [4.69, 9.17) is 19.6 Å². The number of aryl methyl sites for hydroxylation is 1. The number of hydrogen-bond donors (Lipinski definition) is 1. The lowest BCUT2D eigenvalue weighted by molar-refractivity contribution is 0.256.